The molecule has 26 heavy (non-hydrogen) atoms. The Balaban J connectivity index is 1.72. The molecule has 2 aromatic rings. The quantitative estimate of drug-likeness (QED) is 0.534. The van der Waals surface area contributed by atoms with Gasteiger partial charge < -0.3 is 15.4 Å². The SMILES string of the molecule is CC[C@@H](C)c1ccc(NC(=S)Nc2sc3c(c2C(=O)OC)CCC3)cc1. The van der Waals surface area contributed by atoms with Crippen LogP contribution in [-0.4, -0.2) is 18.2 Å². The second-order valence-electron chi connectivity index (χ2n) is 6.56. The van der Waals surface area contributed by atoms with Crippen LogP contribution >= 0.6 is 23.6 Å². The summed E-state index contributed by atoms with van der Waals surface area (Å²) in [6, 6.07) is 8.31. The Hall–Kier alpha value is -1.92. The molecular formula is C20H24N2O2S2. The van der Waals surface area contributed by atoms with Gasteiger partial charge in [-0.2, -0.15) is 0 Å². The predicted octanol–water partition coefficient (Wildman–Crippen LogP) is 5.35. The number of thiophene rings is 1. The van der Waals surface area contributed by atoms with E-state index in [0.29, 0.717) is 16.6 Å². The van der Waals surface area contributed by atoms with Crippen LogP contribution in [0.4, 0.5) is 10.7 Å². The minimum absolute atomic E-state index is 0.299. The maximum atomic E-state index is 12.2. The first-order valence-corrected chi connectivity index (χ1v) is 10.2. The van der Waals surface area contributed by atoms with Crippen LogP contribution in [0.25, 0.3) is 0 Å². The molecule has 0 spiro atoms. The fourth-order valence-corrected chi connectivity index (χ4v) is 4.77. The molecule has 1 atom stereocenters. The lowest BCUT2D eigenvalue weighted by Crippen LogP contribution is -2.20. The van der Waals surface area contributed by atoms with E-state index in [1.807, 2.05) is 12.1 Å². The first kappa shape index (κ1) is 18.9. The highest BCUT2D eigenvalue weighted by Gasteiger charge is 2.27. The first-order chi connectivity index (χ1) is 12.5. The molecule has 0 aliphatic heterocycles. The standard InChI is InChI=1S/C20H24N2O2S2/c1-4-12(2)13-8-10-14(11-9-13)21-20(25)22-18-17(19(23)24-3)15-6-5-7-16(15)26-18/h8-12H,4-7H2,1-3H3,(H2,21,22,25)/t12-/m1/s1. The molecule has 3 rings (SSSR count). The Morgan fingerprint density at radius 3 is 2.65 bits per heavy atom. The van der Waals surface area contributed by atoms with Crippen LogP contribution < -0.4 is 10.6 Å². The maximum absolute atomic E-state index is 12.2. The van der Waals surface area contributed by atoms with E-state index in [0.717, 1.165) is 41.9 Å². The molecule has 138 valence electrons. The fraction of sp³-hybridized carbons (Fsp3) is 0.400. The highest BCUT2D eigenvalue weighted by Crippen LogP contribution is 2.39. The summed E-state index contributed by atoms with van der Waals surface area (Å²) in [5.41, 5.74) is 4.00. The average molecular weight is 389 g/mol. The number of nitrogens with one attached hydrogen (secondary N) is 2. The molecule has 1 aromatic heterocycles. The molecule has 0 bridgehead atoms. The van der Waals surface area contributed by atoms with E-state index in [1.165, 1.54) is 17.6 Å². The van der Waals surface area contributed by atoms with E-state index in [2.05, 4.69) is 36.6 Å². The van der Waals surface area contributed by atoms with Gasteiger partial charge in [0.15, 0.2) is 5.11 Å². The van der Waals surface area contributed by atoms with E-state index in [4.69, 9.17) is 17.0 Å². The van der Waals surface area contributed by atoms with Gasteiger partial charge in [0, 0.05) is 10.6 Å². The first-order valence-electron chi connectivity index (χ1n) is 8.94. The number of carbonyl (C=O) groups excluding carboxylic acids is 1. The number of hydrogen-bond donors (Lipinski definition) is 2. The van der Waals surface area contributed by atoms with Gasteiger partial charge in [-0.05, 0) is 67.1 Å². The Labute approximate surface area is 164 Å². The smallest absolute Gasteiger partial charge is 0.341 e. The number of aryl methyl sites for hydroxylation is 1. The molecule has 0 unspecified atom stereocenters. The number of thiocarbonyl (C=S) groups is 1. The van der Waals surface area contributed by atoms with Crippen LogP contribution in [0.1, 0.15) is 59.0 Å². The zero-order valence-electron chi connectivity index (χ0n) is 15.3. The number of methoxy groups -OCH3 is 1. The van der Waals surface area contributed by atoms with E-state index < -0.39 is 0 Å². The van der Waals surface area contributed by atoms with Crippen molar-refractivity contribution in [3.63, 3.8) is 0 Å². The molecule has 1 heterocycles. The molecule has 4 nitrogen and oxygen atoms in total. The van der Waals surface area contributed by atoms with Crippen molar-refractivity contribution in [2.75, 3.05) is 17.7 Å². The van der Waals surface area contributed by atoms with Crippen molar-refractivity contribution in [1.82, 2.24) is 0 Å². The number of rotatable bonds is 5. The largest absolute Gasteiger partial charge is 0.465 e. The van der Waals surface area contributed by atoms with Crippen molar-refractivity contribution in [2.24, 2.45) is 0 Å². The lowest BCUT2D eigenvalue weighted by Gasteiger charge is -2.13. The van der Waals surface area contributed by atoms with E-state index in [9.17, 15) is 4.79 Å². The van der Waals surface area contributed by atoms with Gasteiger partial charge in [-0.15, -0.1) is 11.3 Å². The topological polar surface area (TPSA) is 50.4 Å². The number of ether oxygens (including phenoxy) is 1. The summed E-state index contributed by atoms with van der Waals surface area (Å²) in [6.07, 6.45) is 4.15. The Bertz CT molecular complexity index is 812. The van der Waals surface area contributed by atoms with Crippen LogP contribution in [-0.2, 0) is 17.6 Å². The maximum Gasteiger partial charge on any atom is 0.341 e. The van der Waals surface area contributed by atoms with Crippen LogP contribution in [0.15, 0.2) is 24.3 Å². The number of carbonyl (C=O) groups is 1. The fourth-order valence-electron chi connectivity index (χ4n) is 3.21. The molecule has 6 heteroatoms. The van der Waals surface area contributed by atoms with Crippen LogP contribution in [0.5, 0.6) is 0 Å². The normalized spacial score (nSPS) is 13.8. The summed E-state index contributed by atoms with van der Waals surface area (Å²) in [5, 5.41) is 7.64. The molecule has 1 aliphatic rings. The van der Waals surface area contributed by atoms with Crippen LogP contribution in [0, 0.1) is 0 Å². The zero-order valence-corrected chi connectivity index (χ0v) is 17.0. The van der Waals surface area contributed by atoms with E-state index >= 15 is 0 Å². The average Bonchev–Trinajstić information content (AvgIpc) is 3.21. The van der Waals surface area contributed by atoms with Crippen molar-refractivity contribution in [3.05, 3.63) is 45.8 Å². The molecule has 0 saturated heterocycles. The van der Waals surface area contributed by atoms with Gasteiger partial charge >= 0.3 is 5.97 Å². The van der Waals surface area contributed by atoms with Gasteiger partial charge in [0.05, 0.1) is 12.7 Å². The van der Waals surface area contributed by atoms with Crippen molar-refractivity contribution in [1.29, 1.82) is 0 Å². The minimum atomic E-state index is -0.299. The third-order valence-electron chi connectivity index (χ3n) is 4.89. The molecule has 2 N–H and O–H groups in total. The number of esters is 1. The lowest BCUT2D eigenvalue weighted by atomic mass is 9.99. The lowest BCUT2D eigenvalue weighted by molar-refractivity contribution is 0.0601. The second-order valence-corrected chi connectivity index (χ2v) is 8.08. The summed E-state index contributed by atoms with van der Waals surface area (Å²) in [5.74, 6) is 0.248. The summed E-state index contributed by atoms with van der Waals surface area (Å²) < 4.78 is 4.97. The number of fused-ring (bicyclic) bond motifs is 1. The Morgan fingerprint density at radius 2 is 2.00 bits per heavy atom. The van der Waals surface area contributed by atoms with Crippen molar-refractivity contribution < 1.29 is 9.53 Å². The number of hydrogen-bond acceptors (Lipinski definition) is 4. The van der Waals surface area contributed by atoms with Gasteiger partial charge in [-0.1, -0.05) is 26.0 Å². The van der Waals surface area contributed by atoms with Gasteiger partial charge in [-0.25, -0.2) is 4.79 Å². The van der Waals surface area contributed by atoms with E-state index in [1.54, 1.807) is 11.3 Å². The number of anilines is 2. The number of benzene rings is 1. The van der Waals surface area contributed by atoms with E-state index in [-0.39, 0.29) is 5.97 Å². The van der Waals surface area contributed by atoms with Gasteiger partial charge in [-0.3, -0.25) is 0 Å². The molecule has 1 aromatic carbocycles. The Kier molecular flexibility index (Phi) is 5.94. The van der Waals surface area contributed by atoms with Crippen molar-refractivity contribution in [2.45, 2.75) is 45.4 Å². The third-order valence-corrected chi connectivity index (χ3v) is 6.30. The highest BCUT2D eigenvalue weighted by molar-refractivity contribution is 7.80. The molecule has 0 saturated carbocycles. The molecule has 0 fully saturated rings. The van der Waals surface area contributed by atoms with Gasteiger partial charge in [0.1, 0.15) is 5.00 Å². The Morgan fingerprint density at radius 1 is 1.27 bits per heavy atom. The predicted molar refractivity (Wildman–Crippen MR) is 113 cm³/mol. The monoisotopic (exact) mass is 388 g/mol. The molecular weight excluding hydrogens is 364 g/mol. The summed E-state index contributed by atoms with van der Waals surface area (Å²) in [7, 11) is 1.42. The van der Waals surface area contributed by atoms with Crippen LogP contribution in [0.3, 0.4) is 0 Å². The minimum Gasteiger partial charge on any atom is -0.465 e. The summed E-state index contributed by atoms with van der Waals surface area (Å²) in [4.78, 5) is 13.5. The third kappa shape index (κ3) is 3.91. The van der Waals surface area contributed by atoms with Crippen molar-refractivity contribution in [3.8, 4) is 0 Å². The molecule has 0 radical (unpaired) electrons. The summed E-state index contributed by atoms with van der Waals surface area (Å²) >= 11 is 7.05. The molecule has 0 amide bonds. The molecule has 1 aliphatic carbocycles. The highest BCUT2D eigenvalue weighted by atomic mass is 32.1. The second kappa shape index (κ2) is 8.18. The van der Waals surface area contributed by atoms with Crippen molar-refractivity contribution >= 4 is 45.3 Å². The summed E-state index contributed by atoms with van der Waals surface area (Å²) in [6.45, 7) is 4.41. The van der Waals surface area contributed by atoms with Gasteiger partial charge in [0.2, 0.25) is 0 Å². The van der Waals surface area contributed by atoms with Gasteiger partial charge in [0.25, 0.3) is 0 Å². The zero-order chi connectivity index (χ0) is 18.7. The van der Waals surface area contributed by atoms with Crippen LogP contribution in [0.2, 0.25) is 0 Å².